The smallest absolute Gasteiger partial charge is 0.166 e. The van der Waals surface area contributed by atoms with E-state index in [1.54, 1.807) is 0 Å². The molecule has 0 aliphatic carbocycles. The Balaban J connectivity index is 4.55. The first-order chi connectivity index (χ1) is 7.64. The fraction of sp³-hybridized carbons (Fsp3) is 0.833. The summed E-state index contributed by atoms with van der Waals surface area (Å²) in [6.45, 7) is 11.7. The zero-order valence-corrected chi connectivity index (χ0v) is 13.1. The minimum atomic E-state index is -0.511. The fourth-order valence-corrected chi connectivity index (χ4v) is 2.80. The van der Waals surface area contributed by atoms with Gasteiger partial charge >= 0.3 is 0 Å². The molecule has 1 unspecified atom stereocenters. The average Bonchev–Trinajstić information content (AvgIpc) is 2.24. The second-order valence-corrected chi connectivity index (χ2v) is 5.09. The van der Waals surface area contributed by atoms with Gasteiger partial charge in [-0.25, -0.2) is 0 Å². The van der Waals surface area contributed by atoms with E-state index in [1.807, 2.05) is 26.8 Å². The molecule has 0 saturated heterocycles. The highest BCUT2D eigenvalue weighted by molar-refractivity contribution is 6.13. The molecule has 4 heteroatoms. The van der Waals surface area contributed by atoms with Crippen molar-refractivity contribution >= 4 is 10.2 Å². The van der Waals surface area contributed by atoms with Gasteiger partial charge in [-0.3, -0.25) is 0 Å². The Labute approximate surface area is 103 Å². The van der Waals surface area contributed by atoms with Gasteiger partial charge in [-0.1, -0.05) is 6.08 Å². The molecule has 1 atom stereocenters. The summed E-state index contributed by atoms with van der Waals surface area (Å²) in [5.74, 6) is 0. The van der Waals surface area contributed by atoms with Crippen molar-refractivity contribution in [1.82, 2.24) is 0 Å². The van der Waals surface area contributed by atoms with Crippen molar-refractivity contribution in [3.63, 3.8) is 0 Å². The molecule has 0 spiro atoms. The SMILES string of the molecule is C=CCCC(OCC)C([SiH3])(OCC)OCC. The van der Waals surface area contributed by atoms with Crippen LogP contribution in [0.15, 0.2) is 12.7 Å². The normalized spacial score (nSPS) is 13.9. The van der Waals surface area contributed by atoms with E-state index in [2.05, 4.69) is 6.58 Å². The molecule has 0 amide bonds. The molecule has 0 fully saturated rings. The third-order valence-electron chi connectivity index (χ3n) is 2.45. The molecule has 16 heavy (non-hydrogen) atoms. The fourth-order valence-electron chi connectivity index (χ4n) is 1.77. The van der Waals surface area contributed by atoms with Gasteiger partial charge in [0.05, 0.1) is 10.2 Å². The first-order valence-electron chi connectivity index (χ1n) is 6.14. The van der Waals surface area contributed by atoms with Crippen molar-refractivity contribution in [2.45, 2.75) is 45.1 Å². The zero-order valence-electron chi connectivity index (χ0n) is 11.1. The lowest BCUT2D eigenvalue weighted by Crippen LogP contribution is -2.49. The highest BCUT2D eigenvalue weighted by Gasteiger charge is 2.35. The summed E-state index contributed by atoms with van der Waals surface area (Å²) in [6, 6.07) is 0. The predicted octanol–water partition coefficient (Wildman–Crippen LogP) is 1.45. The van der Waals surface area contributed by atoms with Crippen molar-refractivity contribution < 1.29 is 14.2 Å². The standard InChI is InChI=1S/C12H26O3Si/c1-5-9-10-11(13-6-2)12(16,14-7-3)15-8-4/h5,11H,1,6-10H2,2-4,16H3. The van der Waals surface area contributed by atoms with Crippen LogP contribution >= 0.6 is 0 Å². The summed E-state index contributed by atoms with van der Waals surface area (Å²) < 4.78 is 17.3. The van der Waals surface area contributed by atoms with Crippen LogP contribution < -0.4 is 0 Å². The molecule has 3 nitrogen and oxygen atoms in total. The molecule has 0 N–H and O–H groups in total. The van der Waals surface area contributed by atoms with Gasteiger partial charge in [0.15, 0.2) is 5.41 Å². The number of hydrogen-bond donors (Lipinski definition) is 0. The van der Waals surface area contributed by atoms with Crippen LogP contribution in [0.1, 0.15) is 33.6 Å². The van der Waals surface area contributed by atoms with Crippen LogP contribution in [0.4, 0.5) is 0 Å². The molecule has 0 aliphatic heterocycles. The van der Waals surface area contributed by atoms with E-state index in [0.717, 1.165) is 23.1 Å². The lowest BCUT2D eigenvalue weighted by molar-refractivity contribution is -0.236. The molecule has 0 aromatic rings. The van der Waals surface area contributed by atoms with Crippen molar-refractivity contribution in [2.24, 2.45) is 0 Å². The van der Waals surface area contributed by atoms with Crippen LogP contribution in [-0.2, 0) is 14.2 Å². The summed E-state index contributed by atoms with van der Waals surface area (Å²) in [5.41, 5.74) is -0.511. The maximum atomic E-state index is 5.76. The van der Waals surface area contributed by atoms with Crippen LogP contribution in [0.25, 0.3) is 0 Å². The monoisotopic (exact) mass is 246 g/mol. The van der Waals surface area contributed by atoms with Crippen molar-refractivity contribution in [3.05, 3.63) is 12.7 Å². The first kappa shape index (κ1) is 15.8. The quantitative estimate of drug-likeness (QED) is 0.332. The van der Waals surface area contributed by atoms with Gasteiger partial charge in [0, 0.05) is 19.8 Å². The maximum Gasteiger partial charge on any atom is 0.166 e. The van der Waals surface area contributed by atoms with Gasteiger partial charge in [-0.15, -0.1) is 6.58 Å². The predicted molar refractivity (Wildman–Crippen MR) is 70.8 cm³/mol. The largest absolute Gasteiger partial charge is 0.373 e. The molecule has 0 saturated carbocycles. The lowest BCUT2D eigenvalue weighted by Gasteiger charge is -2.37. The summed E-state index contributed by atoms with van der Waals surface area (Å²) >= 11 is 0. The average molecular weight is 246 g/mol. The molecule has 0 radical (unpaired) electrons. The Morgan fingerprint density at radius 1 is 1.19 bits per heavy atom. The van der Waals surface area contributed by atoms with Crippen LogP contribution in [0, 0.1) is 0 Å². The Kier molecular flexibility index (Phi) is 8.84. The Morgan fingerprint density at radius 2 is 1.75 bits per heavy atom. The number of rotatable bonds is 10. The maximum absolute atomic E-state index is 5.76. The lowest BCUT2D eigenvalue weighted by atomic mass is 10.2. The number of allylic oxidation sites excluding steroid dienone is 1. The summed E-state index contributed by atoms with van der Waals surface area (Å²) in [4.78, 5) is 0. The van der Waals surface area contributed by atoms with E-state index in [-0.39, 0.29) is 6.10 Å². The van der Waals surface area contributed by atoms with Crippen molar-refractivity contribution in [1.29, 1.82) is 0 Å². The van der Waals surface area contributed by atoms with Crippen LogP contribution in [0.3, 0.4) is 0 Å². The van der Waals surface area contributed by atoms with Gasteiger partial charge < -0.3 is 14.2 Å². The minimum Gasteiger partial charge on any atom is -0.373 e. The van der Waals surface area contributed by atoms with E-state index >= 15 is 0 Å². The van der Waals surface area contributed by atoms with E-state index in [0.29, 0.717) is 19.8 Å². The van der Waals surface area contributed by atoms with Gasteiger partial charge in [-0.2, -0.15) is 0 Å². The number of hydrogen-bond acceptors (Lipinski definition) is 3. The van der Waals surface area contributed by atoms with E-state index in [9.17, 15) is 0 Å². The van der Waals surface area contributed by atoms with Crippen LogP contribution in [-0.4, -0.2) is 41.6 Å². The van der Waals surface area contributed by atoms with Crippen molar-refractivity contribution in [3.8, 4) is 0 Å². The first-order valence-corrected chi connectivity index (χ1v) is 7.14. The number of ether oxygens (including phenoxy) is 3. The minimum absolute atomic E-state index is 0.0158. The third-order valence-corrected chi connectivity index (χ3v) is 3.67. The van der Waals surface area contributed by atoms with Gasteiger partial charge in [0.2, 0.25) is 0 Å². The molecule has 0 aromatic carbocycles. The van der Waals surface area contributed by atoms with Gasteiger partial charge in [0.25, 0.3) is 0 Å². The van der Waals surface area contributed by atoms with E-state index in [1.165, 1.54) is 0 Å². The zero-order chi connectivity index (χ0) is 12.4. The van der Waals surface area contributed by atoms with Crippen LogP contribution in [0.5, 0.6) is 0 Å². The highest BCUT2D eigenvalue weighted by atomic mass is 28.1. The Morgan fingerprint density at radius 3 is 2.12 bits per heavy atom. The summed E-state index contributed by atoms with van der Waals surface area (Å²) in [6.07, 6.45) is 3.75. The molecule has 0 heterocycles. The molecular formula is C12H26O3Si. The topological polar surface area (TPSA) is 27.7 Å². The molecule has 0 aliphatic rings. The molecule has 0 bridgehead atoms. The molecule has 96 valence electrons. The Bertz CT molecular complexity index is 179. The second-order valence-electron chi connectivity index (χ2n) is 3.69. The van der Waals surface area contributed by atoms with Gasteiger partial charge in [0.1, 0.15) is 6.10 Å². The van der Waals surface area contributed by atoms with E-state index < -0.39 is 5.41 Å². The van der Waals surface area contributed by atoms with Crippen molar-refractivity contribution in [2.75, 3.05) is 19.8 Å². The highest BCUT2D eigenvalue weighted by Crippen LogP contribution is 2.21. The molecule has 0 rings (SSSR count). The van der Waals surface area contributed by atoms with Crippen LogP contribution in [0.2, 0.25) is 0 Å². The summed E-state index contributed by atoms with van der Waals surface area (Å²) in [7, 11) is 0.798. The van der Waals surface area contributed by atoms with E-state index in [4.69, 9.17) is 14.2 Å². The van der Waals surface area contributed by atoms with Gasteiger partial charge in [-0.05, 0) is 33.6 Å². The second kappa shape index (κ2) is 8.93. The molecular weight excluding hydrogens is 220 g/mol. The third kappa shape index (κ3) is 5.25. The molecule has 0 aromatic heterocycles. The Hall–Kier alpha value is -0.163. The summed E-state index contributed by atoms with van der Waals surface area (Å²) in [5, 5.41) is 0.